The lowest BCUT2D eigenvalue weighted by Gasteiger charge is -2.21. The third-order valence-corrected chi connectivity index (χ3v) is 2.11. The van der Waals surface area contributed by atoms with E-state index in [2.05, 4.69) is 16.9 Å². The van der Waals surface area contributed by atoms with Crippen molar-refractivity contribution in [3.05, 3.63) is 12.4 Å². The summed E-state index contributed by atoms with van der Waals surface area (Å²) in [5.74, 6) is 0.606. The second-order valence-electron chi connectivity index (χ2n) is 3.54. The van der Waals surface area contributed by atoms with Crippen LogP contribution in [-0.2, 0) is 4.79 Å². The highest BCUT2D eigenvalue weighted by Gasteiger charge is 2.10. The van der Waals surface area contributed by atoms with Crippen LogP contribution in [-0.4, -0.2) is 29.0 Å². The van der Waals surface area contributed by atoms with Crippen LogP contribution in [0.1, 0.15) is 19.8 Å². The van der Waals surface area contributed by atoms with Crippen molar-refractivity contribution in [3.8, 4) is 0 Å². The normalized spacial score (nSPS) is 10.1. The molecule has 1 amide bonds. The fourth-order valence-corrected chi connectivity index (χ4v) is 1.31. The van der Waals surface area contributed by atoms with Crippen LogP contribution in [0.4, 0.5) is 11.6 Å². The monoisotopic (exact) mass is 223 g/mol. The Morgan fingerprint density at radius 3 is 2.69 bits per heavy atom. The van der Waals surface area contributed by atoms with Gasteiger partial charge in [0.1, 0.15) is 11.6 Å². The van der Waals surface area contributed by atoms with Crippen molar-refractivity contribution in [1.29, 1.82) is 0 Å². The predicted octanol–water partition coefficient (Wildman–Crippen LogP) is 0.151. The van der Waals surface area contributed by atoms with Gasteiger partial charge in [0.05, 0.1) is 18.9 Å². The highest BCUT2D eigenvalue weighted by Crippen LogP contribution is 2.10. The zero-order chi connectivity index (χ0) is 12.0. The number of nitrogens with zero attached hydrogens (tertiary/aromatic N) is 3. The van der Waals surface area contributed by atoms with E-state index in [-0.39, 0.29) is 12.5 Å². The number of carbonyl (C=O) groups is 1. The van der Waals surface area contributed by atoms with Crippen LogP contribution in [0, 0.1) is 0 Å². The number of hydrogen-bond acceptors (Lipinski definition) is 5. The molecule has 88 valence electrons. The Morgan fingerprint density at radius 2 is 2.19 bits per heavy atom. The molecule has 6 heteroatoms. The van der Waals surface area contributed by atoms with Crippen LogP contribution < -0.4 is 16.4 Å². The Labute approximate surface area is 94.7 Å². The average molecular weight is 223 g/mol. The molecule has 0 aliphatic rings. The van der Waals surface area contributed by atoms with Crippen molar-refractivity contribution < 1.29 is 4.79 Å². The quantitative estimate of drug-likeness (QED) is 0.715. The minimum atomic E-state index is -0.380. The smallest absolute Gasteiger partial charge is 0.236 e. The van der Waals surface area contributed by atoms with Crippen LogP contribution >= 0.6 is 0 Å². The number of rotatable bonds is 6. The van der Waals surface area contributed by atoms with Crippen LogP contribution in [0.3, 0.4) is 0 Å². The minimum Gasteiger partial charge on any atom is -0.382 e. The van der Waals surface area contributed by atoms with Gasteiger partial charge < -0.3 is 16.4 Å². The molecule has 0 unspecified atom stereocenters. The summed E-state index contributed by atoms with van der Waals surface area (Å²) in [5, 5.41) is 0. The first kappa shape index (κ1) is 12.2. The average Bonchev–Trinajstić information content (AvgIpc) is 2.25. The van der Waals surface area contributed by atoms with Crippen LogP contribution in [0.15, 0.2) is 12.4 Å². The van der Waals surface area contributed by atoms with Crippen molar-refractivity contribution >= 4 is 17.5 Å². The van der Waals surface area contributed by atoms with Gasteiger partial charge in [-0.25, -0.2) is 9.97 Å². The van der Waals surface area contributed by atoms with Crippen molar-refractivity contribution in [2.45, 2.75) is 19.8 Å². The Kier molecular flexibility index (Phi) is 4.50. The molecule has 0 bridgehead atoms. The van der Waals surface area contributed by atoms with Gasteiger partial charge >= 0.3 is 0 Å². The van der Waals surface area contributed by atoms with E-state index in [9.17, 15) is 4.79 Å². The summed E-state index contributed by atoms with van der Waals surface area (Å²) in [6.07, 6.45) is 5.03. The summed E-state index contributed by atoms with van der Waals surface area (Å²) in [4.78, 5) is 20.8. The van der Waals surface area contributed by atoms with Gasteiger partial charge in [-0.2, -0.15) is 0 Å². The predicted molar refractivity (Wildman–Crippen MR) is 62.8 cm³/mol. The highest BCUT2D eigenvalue weighted by molar-refractivity contribution is 5.79. The van der Waals surface area contributed by atoms with E-state index in [4.69, 9.17) is 11.5 Å². The zero-order valence-electron chi connectivity index (χ0n) is 9.39. The van der Waals surface area contributed by atoms with Crippen molar-refractivity contribution in [2.75, 3.05) is 23.7 Å². The van der Waals surface area contributed by atoms with E-state index in [0.717, 1.165) is 19.4 Å². The molecule has 0 atom stereocenters. The van der Waals surface area contributed by atoms with Crippen molar-refractivity contribution in [1.82, 2.24) is 9.97 Å². The van der Waals surface area contributed by atoms with Gasteiger partial charge in [-0.15, -0.1) is 0 Å². The maximum atomic E-state index is 10.9. The molecule has 1 heterocycles. The first-order valence-electron chi connectivity index (χ1n) is 5.24. The first-order valence-corrected chi connectivity index (χ1v) is 5.24. The summed E-state index contributed by atoms with van der Waals surface area (Å²) in [7, 11) is 0. The fourth-order valence-electron chi connectivity index (χ4n) is 1.31. The molecule has 6 nitrogen and oxygen atoms in total. The molecular weight excluding hydrogens is 206 g/mol. The van der Waals surface area contributed by atoms with E-state index in [1.54, 1.807) is 11.1 Å². The van der Waals surface area contributed by atoms with Gasteiger partial charge in [0.25, 0.3) is 0 Å². The maximum Gasteiger partial charge on any atom is 0.236 e. The Morgan fingerprint density at radius 1 is 1.44 bits per heavy atom. The zero-order valence-corrected chi connectivity index (χ0v) is 9.39. The molecule has 1 aromatic rings. The molecule has 4 N–H and O–H groups in total. The lowest BCUT2D eigenvalue weighted by Crippen LogP contribution is -2.35. The molecule has 0 saturated heterocycles. The van der Waals surface area contributed by atoms with Gasteiger partial charge in [-0.3, -0.25) is 4.79 Å². The molecule has 1 aromatic heterocycles. The van der Waals surface area contributed by atoms with E-state index in [1.165, 1.54) is 6.20 Å². The lowest BCUT2D eigenvalue weighted by molar-refractivity contribution is -0.116. The number of primary amides is 1. The van der Waals surface area contributed by atoms with Gasteiger partial charge in [0.2, 0.25) is 5.91 Å². The first-order chi connectivity index (χ1) is 7.63. The SMILES string of the molecule is CCCCN(CC(N)=O)c1cnc(N)cn1. The molecule has 0 spiro atoms. The number of carbonyl (C=O) groups excluding carboxylic acids is 1. The van der Waals surface area contributed by atoms with Crippen molar-refractivity contribution in [2.24, 2.45) is 5.73 Å². The second kappa shape index (κ2) is 5.89. The molecule has 1 rings (SSSR count). The number of aromatic nitrogens is 2. The molecular formula is C10H17N5O. The molecule has 0 aliphatic carbocycles. The Bertz CT molecular complexity index is 338. The topological polar surface area (TPSA) is 98.1 Å². The fraction of sp³-hybridized carbons (Fsp3) is 0.500. The summed E-state index contributed by atoms with van der Waals surface area (Å²) in [6.45, 7) is 2.97. The van der Waals surface area contributed by atoms with Gasteiger partial charge in [-0.05, 0) is 6.42 Å². The van der Waals surface area contributed by atoms with Crippen molar-refractivity contribution in [3.63, 3.8) is 0 Å². The van der Waals surface area contributed by atoms with Gasteiger partial charge in [-0.1, -0.05) is 13.3 Å². The molecule has 0 radical (unpaired) electrons. The summed E-state index contributed by atoms with van der Waals surface area (Å²) in [6, 6.07) is 0. The maximum absolute atomic E-state index is 10.9. The number of hydrogen-bond donors (Lipinski definition) is 2. The van der Waals surface area contributed by atoms with E-state index >= 15 is 0 Å². The third-order valence-electron chi connectivity index (χ3n) is 2.11. The van der Waals surface area contributed by atoms with E-state index in [1.807, 2.05) is 0 Å². The van der Waals surface area contributed by atoms with Crippen LogP contribution in [0.25, 0.3) is 0 Å². The number of nitrogens with two attached hydrogens (primary N) is 2. The second-order valence-corrected chi connectivity index (χ2v) is 3.54. The van der Waals surface area contributed by atoms with E-state index < -0.39 is 0 Å². The molecule has 16 heavy (non-hydrogen) atoms. The third kappa shape index (κ3) is 3.72. The molecule has 0 aliphatic heterocycles. The number of nitrogen functional groups attached to an aromatic ring is 1. The molecule has 0 aromatic carbocycles. The Hall–Kier alpha value is -1.85. The number of amides is 1. The highest BCUT2D eigenvalue weighted by atomic mass is 16.1. The van der Waals surface area contributed by atoms with Crippen LogP contribution in [0.5, 0.6) is 0 Å². The van der Waals surface area contributed by atoms with Gasteiger partial charge in [0, 0.05) is 6.54 Å². The van der Waals surface area contributed by atoms with Gasteiger partial charge in [0.15, 0.2) is 0 Å². The molecule has 0 fully saturated rings. The van der Waals surface area contributed by atoms with E-state index in [0.29, 0.717) is 11.6 Å². The summed E-state index contributed by atoms with van der Waals surface area (Å²) in [5.41, 5.74) is 10.6. The largest absolute Gasteiger partial charge is 0.382 e. The Balaban J connectivity index is 2.74. The number of unbranched alkanes of at least 4 members (excludes halogenated alkanes) is 1. The van der Waals surface area contributed by atoms with Crippen LogP contribution in [0.2, 0.25) is 0 Å². The summed E-state index contributed by atoms with van der Waals surface area (Å²) >= 11 is 0. The standard InChI is InChI=1S/C10H17N5O/c1-2-3-4-15(7-9(12)16)10-6-13-8(11)5-14-10/h5-6H,2-4,7H2,1H3,(H2,11,13)(H2,12,16). The molecule has 0 saturated carbocycles. The lowest BCUT2D eigenvalue weighted by atomic mass is 10.3. The number of anilines is 2. The minimum absolute atomic E-state index is 0.151. The summed E-state index contributed by atoms with van der Waals surface area (Å²) < 4.78 is 0.